The summed E-state index contributed by atoms with van der Waals surface area (Å²) in [6.45, 7) is 28.5. The molecule has 2 aliphatic rings. The molecule has 0 atom stereocenters. The molecule has 14 rings (SSSR count). The minimum absolute atomic E-state index is 0.254. The third kappa shape index (κ3) is 22.8. The molecule has 0 aliphatic heterocycles. The van der Waals surface area contributed by atoms with Gasteiger partial charge in [0, 0.05) is 13.1 Å². The number of phenolic OH excluding ortho intramolecular Hbond substituents is 3. The van der Waals surface area contributed by atoms with Gasteiger partial charge >= 0.3 is 0 Å². The van der Waals surface area contributed by atoms with Crippen molar-refractivity contribution in [2.75, 3.05) is 23.7 Å². The van der Waals surface area contributed by atoms with E-state index < -0.39 is 0 Å². The molecule has 8 nitrogen and oxygen atoms in total. The van der Waals surface area contributed by atoms with Crippen molar-refractivity contribution in [3.63, 3.8) is 0 Å². The number of aromatic nitrogens is 3. The zero-order valence-electron chi connectivity index (χ0n) is 60.4. The van der Waals surface area contributed by atoms with Gasteiger partial charge in [0.25, 0.3) is 0 Å². The quantitative estimate of drug-likeness (QED) is 0.102. The average molecular weight is 1310 g/mol. The summed E-state index contributed by atoms with van der Waals surface area (Å²) in [7, 11) is 0. The van der Waals surface area contributed by atoms with Crippen LogP contribution in [-0.4, -0.2) is 43.4 Å². The van der Waals surface area contributed by atoms with Crippen LogP contribution in [0.25, 0.3) is 22.3 Å². The maximum Gasteiger partial charge on any atom is 0.227 e. The van der Waals surface area contributed by atoms with Crippen LogP contribution in [0.4, 0.5) is 11.9 Å². The molecule has 0 spiro atoms. The van der Waals surface area contributed by atoms with Crippen LogP contribution in [0.2, 0.25) is 0 Å². The van der Waals surface area contributed by atoms with Gasteiger partial charge in [0.05, 0.1) is 10.8 Å². The first-order valence-corrected chi connectivity index (χ1v) is 35.0. The summed E-state index contributed by atoms with van der Waals surface area (Å²) >= 11 is 0. The first-order chi connectivity index (χ1) is 47.9. The average Bonchev–Trinajstić information content (AvgIpc) is 1.55. The Kier molecular flexibility index (Phi) is 37.3. The van der Waals surface area contributed by atoms with Crippen molar-refractivity contribution < 1.29 is 15.3 Å². The fourth-order valence-electron chi connectivity index (χ4n) is 11.0. The molecule has 2 aliphatic carbocycles. The number of benzene rings is 11. The van der Waals surface area contributed by atoms with Crippen LogP contribution in [-0.2, 0) is 10.8 Å². The van der Waals surface area contributed by atoms with Crippen LogP contribution in [0, 0.1) is 6.92 Å². The highest BCUT2D eigenvalue weighted by Crippen LogP contribution is 2.57. The minimum atomic E-state index is -0.254. The lowest BCUT2D eigenvalue weighted by Crippen LogP contribution is -2.28. The van der Waals surface area contributed by atoms with Gasteiger partial charge in [-0.3, -0.25) is 0 Å². The number of aromatic hydroxyl groups is 3. The summed E-state index contributed by atoms with van der Waals surface area (Å²) in [6.07, 6.45) is 5.00. The molecule has 11 aromatic carbocycles. The molecular formula is C90H107N5O3. The lowest BCUT2D eigenvalue weighted by molar-refractivity contribution is 0.475. The van der Waals surface area contributed by atoms with E-state index >= 15 is 0 Å². The van der Waals surface area contributed by atoms with Crippen molar-refractivity contribution in [2.24, 2.45) is 0 Å². The lowest BCUT2D eigenvalue weighted by atomic mass is 9.68. The van der Waals surface area contributed by atoms with Crippen LogP contribution >= 0.6 is 0 Å². The number of para-hydroxylation sites is 3. The second-order valence-electron chi connectivity index (χ2n) is 22.6. The Labute approximate surface area is 588 Å². The normalized spacial score (nSPS) is 11.0. The minimum Gasteiger partial charge on any atom is -0.508 e. The molecule has 98 heavy (non-hydrogen) atoms. The van der Waals surface area contributed by atoms with E-state index in [4.69, 9.17) is 15.3 Å². The number of phenols is 3. The van der Waals surface area contributed by atoms with E-state index in [0.717, 1.165) is 18.9 Å². The van der Waals surface area contributed by atoms with E-state index in [1.807, 2.05) is 52.8 Å². The molecule has 1 aromatic heterocycles. The molecule has 8 heteroatoms. The molecule has 0 unspecified atom stereocenters. The maximum atomic E-state index is 8.63. The second kappa shape index (κ2) is 45.7. The van der Waals surface area contributed by atoms with Gasteiger partial charge in [0.15, 0.2) is 0 Å². The van der Waals surface area contributed by atoms with Gasteiger partial charge in [-0.25, -0.2) is 0 Å². The molecule has 0 radical (unpaired) electrons. The van der Waals surface area contributed by atoms with Gasteiger partial charge in [-0.05, 0) is 124 Å². The van der Waals surface area contributed by atoms with Crippen molar-refractivity contribution in [1.82, 2.24) is 15.0 Å². The van der Waals surface area contributed by atoms with Crippen LogP contribution in [0.5, 0.6) is 17.2 Å². The fourth-order valence-corrected chi connectivity index (χ4v) is 11.0. The van der Waals surface area contributed by atoms with Crippen LogP contribution in [0.15, 0.2) is 309 Å². The summed E-state index contributed by atoms with van der Waals surface area (Å²) in [5.74, 6) is 2.95. The SMILES string of the molecule is CC.CCC.CCC.CCC.CCC.CCNc1nc(C)nc(NCC)n1.Oc1ccccc1.Oc1ccccc1.Oc1ccccc1.c1ccc(C2(c3ccccc3)c3ccccc3-c3ccccc32)cc1.c1ccc(C2(c3ccccc3)c3ccccc3-c3ccccc32)cc1. The Balaban J connectivity index is 0.000000257. The lowest BCUT2D eigenvalue weighted by Gasteiger charge is -2.33. The van der Waals surface area contributed by atoms with Crippen molar-refractivity contribution >= 4 is 11.9 Å². The number of nitrogens with one attached hydrogen (secondary N) is 2. The van der Waals surface area contributed by atoms with Crippen LogP contribution in [0.3, 0.4) is 0 Å². The van der Waals surface area contributed by atoms with Gasteiger partial charge in [-0.15, -0.1) is 0 Å². The van der Waals surface area contributed by atoms with Crippen molar-refractivity contribution in [3.05, 3.63) is 360 Å². The Morgan fingerprint density at radius 3 is 0.602 bits per heavy atom. The number of nitrogens with zero attached hydrogens (tertiary/aromatic N) is 3. The first kappa shape index (κ1) is 79.9. The van der Waals surface area contributed by atoms with Gasteiger partial charge in [0.1, 0.15) is 23.1 Å². The number of anilines is 2. The van der Waals surface area contributed by atoms with Gasteiger partial charge < -0.3 is 26.0 Å². The highest BCUT2D eigenvalue weighted by molar-refractivity contribution is 5.87. The predicted molar refractivity (Wildman–Crippen MR) is 420 cm³/mol. The first-order valence-electron chi connectivity index (χ1n) is 35.0. The van der Waals surface area contributed by atoms with Crippen molar-refractivity contribution in [1.29, 1.82) is 0 Å². The van der Waals surface area contributed by atoms with Gasteiger partial charge in [-0.1, -0.05) is 368 Å². The zero-order valence-corrected chi connectivity index (χ0v) is 60.4. The third-order valence-corrected chi connectivity index (χ3v) is 14.4. The van der Waals surface area contributed by atoms with E-state index in [1.54, 1.807) is 72.8 Å². The number of hydrogen-bond donors (Lipinski definition) is 5. The third-order valence-electron chi connectivity index (χ3n) is 14.4. The predicted octanol–water partition coefficient (Wildman–Crippen LogP) is 24.0. The highest BCUT2D eigenvalue weighted by Gasteiger charge is 2.47. The molecule has 0 saturated carbocycles. The summed E-state index contributed by atoms with van der Waals surface area (Å²) in [5, 5.41) is 32.0. The summed E-state index contributed by atoms with van der Waals surface area (Å²) in [4.78, 5) is 12.4. The van der Waals surface area contributed by atoms with Gasteiger partial charge in [0.2, 0.25) is 11.9 Å². The standard InChI is InChI=1S/2C25H18.C8H15N5.3C6H6O.4C3H8.C2H6/c2*1-3-11-19(12-4-1)25(20-13-5-2-6-14-20)23-17-9-7-15-21(23)22-16-8-10-18-24(22)25;1-4-9-7-11-6(3)12-8(13-7)10-5-2;3*7-6-4-2-1-3-5-6;4*1-3-2;1-2/h2*1-18H;4-5H2,1-3H3,(H2,9,10,11,12,13);3*1-5,7H;4*3H2,1-2H3;1-2H3. The molecule has 5 N–H and O–H groups in total. The number of fused-ring (bicyclic) bond motifs is 6. The zero-order chi connectivity index (χ0) is 71.2. The molecule has 0 fully saturated rings. The van der Waals surface area contributed by atoms with E-state index in [9.17, 15) is 0 Å². The van der Waals surface area contributed by atoms with E-state index in [-0.39, 0.29) is 10.8 Å². The smallest absolute Gasteiger partial charge is 0.227 e. The molecule has 12 aromatic rings. The van der Waals surface area contributed by atoms with Crippen molar-refractivity contribution in [2.45, 2.75) is 127 Å². The number of aryl methyl sites for hydroxylation is 1. The summed E-state index contributed by atoms with van der Waals surface area (Å²) in [6, 6.07) is 105. The summed E-state index contributed by atoms with van der Waals surface area (Å²) < 4.78 is 0. The Morgan fingerprint density at radius 2 is 0.429 bits per heavy atom. The number of hydrogen-bond acceptors (Lipinski definition) is 8. The molecular weight excluding hydrogens is 1200 g/mol. The van der Waals surface area contributed by atoms with Gasteiger partial charge in [-0.2, -0.15) is 15.0 Å². The largest absolute Gasteiger partial charge is 0.508 e. The maximum absolute atomic E-state index is 8.63. The molecule has 0 amide bonds. The molecule has 1 heterocycles. The Morgan fingerprint density at radius 1 is 0.255 bits per heavy atom. The molecule has 0 saturated heterocycles. The molecule has 510 valence electrons. The summed E-state index contributed by atoms with van der Waals surface area (Å²) in [5.41, 5.74) is 15.6. The topological polar surface area (TPSA) is 123 Å². The van der Waals surface area contributed by atoms with E-state index in [2.05, 4.69) is 299 Å². The molecule has 0 bridgehead atoms. The number of rotatable bonds is 8. The highest BCUT2D eigenvalue weighted by atomic mass is 16.3. The Bertz CT molecular complexity index is 3520. The fraction of sp³-hybridized carbons (Fsp3) is 0.233. The van der Waals surface area contributed by atoms with Crippen LogP contribution in [0.1, 0.15) is 159 Å². The van der Waals surface area contributed by atoms with E-state index in [1.165, 1.54) is 92.4 Å². The van der Waals surface area contributed by atoms with E-state index in [0.29, 0.717) is 29.1 Å². The Hall–Kier alpha value is -10.6. The second-order valence-corrected chi connectivity index (χ2v) is 22.6. The monoisotopic (exact) mass is 1310 g/mol. The van der Waals surface area contributed by atoms with Crippen molar-refractivity contribution in [3.8, 4) is 39.5 Å². The van der Waals surface area contributed by atoms with Crippen LogP contribution < -0.4 is 10.6 Å².